The summed E-state index contributed by atoms with van der Waals surface area (Å²) in [5, 5.41) is 12.3. The summed E-state index contributed by atoms with van der Waals surface area (Å²) < 4.78 is 0.715. The number of nitrogens with one attached hydrogen (secondary N) is 1. The summed E-state index contributed by atoms with van der Waals surface area (Å²) in [4.78, 5) is 11.8. The van der Waals surface area contributed by atoms with Gasteiger partial charge in [-0.2, -0.15) is 0 Å². The fourth-order valence-corrected chi connectivity index (χ4v) is 1.42. The SMILES string of the molecule is CC(C)(CN)NC(=O)c1ccc(I)c(O)c1. The first kappa shape index (κ1) is 13.2. The molecule has 0 aliphatic rings. The molecule has 0 heterocycles. The van der Waals surface area contributed by atoms with Gasteiger partial charge in [-0.25, -0.2) is 0 Å². The van der Waals surface area contributed by atoms with Crippen molar-refractivity contribution in [3.05, 3.63) is 27.3 Å². The van der Waals surface area contributed by atoms with E-state index in [1.807, 2.05) is 36.4 Å². The Morgan fingerprint density at radius 1 is 1.56 bits per heavy atom. The van der Waals surface area contributed by atoms with E-state index >= 15 is 0 Å². The van der Waals surface area contributed by atoms with Gasteiger partial charge in [0.15, 0.2) is 0 Å². The van der Waals surface area contributed by atoms with Crippen LogP contribution >= 0.6 is 22.6 Å². The van der Waals surface area contributed by atoms with Crippen LogP contribution in [0.5, 0.6) is 5.75 Å². The second-order valence-electron chi connectivity index (χ2n) is 4.21. The highest BCUT2D eigenvalue weighted by Gasteiger charge is 2.19. The van der Waals surface area contributed by atoms with Crippen LogP contribution in [0.4, 0.5) is 0 Å². The molecule has 1 aromatic rings. The van der Waals surface area contributed by atoms with Crippen molar-refractivity contribution < 1.29 is 9.90 Å². The zero-order chi connectivity index (χ0) is 12.3. The maximum absolute atomic E-state index is 11.8. The summed E-state index contributed by atoms with van der Waals surface area (Å²) in [6.07, 6.45) is 0. The molecule has 0 aliphatic carbocycles. The molecule has 0 unspecified atom stereocenters. The Kier molecular flexibility index (Phi) is 4.15. The van der Waals surface area contributed by atoms with E-state index < -0.39 is 5.54 Å². The monoisotopic (exact) mass is 334 g/mol. The molecule has 0 spiro atoms. The average Bonchev–Trinajstić information content (AvgIpc) is 2.21. The predicted octanol–water partition coefficient (Wildman–Crippen LogP) is 1.46. The van der Waals surface area contributed by atoms with Gasteiger partial charge < -0.3 is 16.2 Å². The van der Waals surface area contributed by atoms with Crippen LogP contribution in [0.15, 0.2) is 18.2 Å². The number of phenols is 1. The molecule has 0 radical (unpaired) electrons. The standard InChI is InChI=1S/C11H15IN2O2/c1-11(2,6-13)14-10(16)7-3-4-8(12)9(15)5-7/h3-5,15H,6,13H2,1-2H3,(H,14,16). The summed E-state index contributed by atoms with van der Waals surface area (Å²) in [6.45, 7) is 4.05. The normalized spacial score (nSPS) is 11.2. The van der Waals surface area contributed by atoms with Crippen molar-refractivity contribution in [2.75, 3.05) is 6.54 Å². The number of halogens is 1. The molecule has 5 heteroatoms. The number of phenolic OH excluding ortho intramolecular Hbond substituents is 1. The highest BCUT2D eigenvalue weighted by Crippen LogP contribution is 2.20. The molecule has 16 heavy (non-hydrogen) atoms. The second kappa shape index (κ2) is 5.01. The Morgan fingerprint density at radius 2 is 2.19 bits per heavy atom. The number of hydrogen-bond acceptors (Lipinski definition) is 3. The van der Waals surface area contributed by atoms with Crippen molar-refractivity contribution in [3.8, 4) is 5.75 Å². The maximum Gasteiger partial charge on any atom is 0.251 e. The molecule has 0 fully saturated rings. The van der Waals surface area contributed by atoms with Crippen molar-refractivity contribution >= 4 is 28.5 Å². The number of rotatable bonds is 3. The van der Waals surface area contributed by atoms with Gasteiger partial charge in [-0.15, -0.1) is 0 Å². The molecule has 1 amide bonds. The van der Waals surface area contributed by atoms with E-state index in [1.54, 1.807) is 12.1 Å². The molecule has 1 rings (SSSR count). The molecular formula is C11H15IN2O2. The molecule has 0 bridgehead atoms. The number of carbonyl (C=O) groups is 1. The van der Waals surface area contributed by atoms with E-state index in [0.717, 1.165) is 0 Å². The third-order valence-corrected chi connectivity index (χ3v) is 3.08. The number of aromatic hydroxyl groups is 1. The minimum Gasteiger partial charge on any atom is -0.507 e. The molecule has 0 saturated heterocycles. The van der Waals surface area contributed by atoms with Gasteiger partial charge in [0.25, 0.3) is 5.91 Å². The lowest BCUT2D eigenvalue weighted by molar-refractivity contribution is 0.0915. The predicted molar refractivity (Wildman–Crippen MR) is 71.4 cm³/mol. The van der Waals surface area contributed by atoms with Gasteiger partial charge in [0.1, 0.15) is 5.75 Å². The van der Waals surface area contributed by atoms with E-state index in [9.17, 15) is 9.90 Å². The molecular weight excluding hydrogens is 319 g/mol. The van der Waals surface area contributed by atoms with Crippen molar-refractivity contribution in [3.63, 3.8) is 0 Å². The minimum absolute atomic E-state index is 0.110. The minimum atomic E-state index is -0.449. The summed E-state index contributed by atoms with van der Waals surface area (Å²) in [5.41, 5.74) is 5.50. The Bertz CT molecular complexity index is 405. The molecule has 0 aliphatic heterocycles. The van der Waals surface area contributed by atoms with Crippen LogP contribution in [-0.4, -0.2) is 23.1 Å². The summed E-state index contributed by atoms with van der Waals surface area (Å²) >= 11 is 2.00. The van der Waals surface area contributed by atoms with E-state index in [-0.39, 0.29) is 11.7 Å². The number of amides is 1. The third-order valence-electron chi connectivity index (χ3n) is 2.17. The van der Waals surface area contributed by atoms with Gasteiger partial charge in [-0.3, -0.25) is 4.79 Å². The molecule has 0 saturated carbocycles. The van der Waals surface area contributed by atoms with Crippen molar-refractivity contribution in [1.82, 2.24) is 5.32 Å². The highest BCUT2D eigenvalue weighted by atomic mass is 127. The van der Waals surface area contributed by atoms with E-state index in [2.05, 4.69) is 5.32 Å². The largest absolute Gasteiger partial charge is 0.507 e. The molecule has 0 aromatic heterocycles. The van der Waals surface area contributed by atoms with Crippen LogP contribution in [0.3, 0.4) is 0 Å². The first-order chi connectivity index (χ1) is 7.35. The Morgan fingerprint density at radius 3 is 2.69 bits per heavy atom. The van der Waals surface area contributed by atoms with Gasteiger partial charge >= 0.3 is 0 Å². The van der Waals surface area contributed by atoms with Crippen LogP contribution in [0.25, 0.3) is 0 Å². The van der Waals surface area contributed by atoms with Crippen LogP contribution in [0.1, 0.15) is 24.2 Å². The molecule has 4 nitrogen and oxygen atoms in total. The zero-order valence-electron chi connectivity index (χ0n) is 9.25. The smallest absolute Gasteiger partial charge is 0.251 e. The lowest BCUT2D eigenvalue weighted by atomic mass is 10.1. The second-order valence-corrected chi connectivity index (χ2v) is 5.37. The van der Waals surface area contributed by atoms with Crippen LogP contribution in [-0.2, 0) is 0 Å². The summed E-state index contributed by atoms with van der Waals surface area (Å²) in [6, 6.07) is 4.81. The Balaban J connectivity index is 2.85. The summed E-state index contributed by atoms with van der Waals surface area (Å²) in [5.74, 6) is -0.124. The van der Waals surface area contributed by atoms with Crippen LogP contribution in [0, 0.1) is 3.57 Å². The lowest BCUT2D eigenvalue weighted by Crippen LogP contribution is -2.48. The fourth-order valence-electron chi connectivity index (χ4n) is 1.08. The van der Waals surface area contributed by atoms with Gasteiger partial charge in [-0.1, -0.05) is 0 Å². The Hall–Kier alpha value is -0.820. The third kappa shape index (κ3) is 3.34. The molecule has 0 atom stereocenters. The van der Waals surface area contributed by atoms with Gasteiger partial charge in [-0.05, 0) is 54.6 Å². The van der Waals surface area contributed by atoms with Gasteiger partial charge in [0, 0.05) is 17.6 Å². The van der Waals surface area contributed by atoms with Crippen molar-refractivity contribution in [2.24, 2.45) is 5.73 Å². The topological polar surface area (TPSA) is 75.3 Å². The average molecular weight is 334 g/mol. The number of nitrogens with two attached hydrogens (primary N) is 1. The highest BCUT2D eigenvalue weighted by molar-refractivity contribution is 14.1. The number of hydrogen-bond donors (Lipinski definition) is 3. The van der Waals surface area contributed by atoms with E-state index in [1.165, 1.54) is 6.07 Å². The Labute approximate surface area is 108 Å². The maximum atomic E-state index is 11.8. The first-order valence-electron chi connectivity index (χ1n) is 4.87. The lowest BCUT2D eigenvalue weighted by Gasteiger charge is -2.24. The molecule has 4 N–H and O–H groups in total. The van der Waals surface area contributed by atoms with Crippen LogP contribution < -0.4 is 11.1 Å². The van der Waals surface area contributed by atoms with E-state index in [0.29, 0.717) is 15.7 Å². The molecule has 1 aromatic carbocycles. The van der Waals surface area contributed by atoms with Crippen molar-refractivity contribution in [2.45, 2.75) is 19.4 Å². The van der Waals surface area contributed by atoms with Crippen molar-refractivity contribution in [1.29, 1.82) is 0 Å². The molecule has 88 valence electrons. The van der Waals surface area contributed by atoms with Crippen LogP contribution in [0.2, 0.25) is 0 Å². The summed E-state index contributed by atoms with van der Waals surface area (Å²) in [7, 11) is 0. The van der Waals surface area contributed by atoms with Gasteiger partial charge in [0.2, 0.25) is 0 Å². The zero-order valence-corrected chi connectivity index (χ0v) is 11.4. The fraction of sp³-hybridized carbons (Fsp3) is 0.364. The quantitative estimate of drug-likeness (QED) is 0.733. The van der Waals surface area contributed by atoms with E-state index in [4.69, 9.17) is 5.73 Å². The van der Waals surface area contributed by atoms with Gasteiger partial charge in [0.05, 0.1) is 3.57 Å². The number of benzene rings is 1. The number of carbonyl (C=O) groups excluding carboxylic acids is 1. The first-order valence-corrected chi connectivity index (χ1v) is 5.95.